The van der Waals surface area contributed by atoms with Crippen molar-refractivity contribution < 1.29 is 28.7 Å². The number of benzene rings is 2. The summed E-state index contributed by atoms with van der Waals surface area (Å²) in [5, 5.41) is 5.44. The molecule has 0 fully saturated rings. The van der Waals surface area contributed by atoms with Crippen LogP contribution in [-0.4, -0.2) is 30.4 Å². The van der Waals surface area contributed by atoms with E-state index in [1.165, 1.54) is 13.8 Å². The number of carbonyl (C=O) groups excluding carboxylic acids is 4. The molecule has 0 aliphatic rings. The van der Waals surface area contributed by atoms with Gasteiger partial charge < -0.3 is 20.1 Å². The van der Waals surface area contributed by atoms with Crippen molar-refractivity contribution in [3.8, 4) is 0 Å². The summed E-state index contributed by atoms with van der Waals surface area (Å²) in [5.74, 6) is -1.63. The van der Waals surface area contributed by atoms with Gasteiger partial charge in [0.15, 0.2) is 0 Å². The van der Waals surface area contributed by atoms with Crippen LogP contribution < -0.4 is 10.6 Å². The second kappa shape index (κ2) is 12.8. The molecule has 0 aliphatic carbocycles. The number of anilines is 2. The zero-order valence-corrected chi connectivity index (χ0v) is 24.5. The summed E-state index contributed by atoms with van der Waals surface area (Å²) in [6, 6.07) is 6.60. The summed E-state index contributed by atoms with van der Waals surface area (Å²) in [6.07, 6.45) is 0.739. The van der Waals surface area contributed by atoms with Crippen molar-refractivity contribution in [1.82, 2.24) is 0 Å². The number of halogens is 3. The third-order valence-corrected chi connectivity index (χ3v) is 7.36. The molecule has 0 aliphatic heterocycles. The molecule has 11 heteroatoms. The highest BCUT2D eigenvalue weighted by Crippen LogP contribution is 2.39. The molecule has 0 unspecified atom stereocenters. The van der Waals surface area contributed by atoms with Gasteiger partial charge in [0.2, 0.25) is 11.8 Å². The van der Waals surface area contributed by atoms with Gasteiger partial charge >= 0.3 is 11.9 Å². The Morgan fingerprint density at radius 1 is 0.788 bits per heavy atom. The topological polar surface area (TPSA) is 111 Å². The normalized spacial score (nSPS) is 10.4. The van der Waals surface area contributed by atoms with Gasteiger partial charge in [-0.15, -0.1) is 0 Å². The molecule has 0 saturated carbocycles. The second-order valence-corrected chi connectivity index (χ2v) is 10.1. The summed E-state index contributed by atoms with van der Waals surface area (Å²) in [4.78, 5) is 48.3. The molecular formula is C22H21I3N2O6. The van der Waals surface area contributed by atoms with Gasteiger partial charge in [-0.1, -0.05) is 19.1 Å². The number of esters is 2. The van der Waals surface area contributed by atoms with E-state index in [1.54, 1.807) is 24.3 Å². The molecule has 33 heavy (non-hydrogen) atoms. The zero-order chi connectivity index (χ0) is 24.7. The van der Waals surface area contributed by atoms with Gasteiger partial charge in [-0.05, 0) is 91.9 Å². The number of hydrogen-bond acceptors (Lipinski definition) is 6. The van der Waals surface area contributed by atoms with E-state index in [-0.39, 0.29) is 24.0 Å². The number of ether oxygens (including phenoxy) is 2. The number of hydrogen-bond donors (Lipinski definition) is 2. The van der Waals surface area contributed by atoms with Crippen LogP contribution in [0, 0.1) is 10.7 Å². The van der Waals surface area contributed by atoms with Crippen LogP contribution in [0.3, 0.4) is 0 Å². The fourth-order valence-electron chi connectivity index (χ4n) is 2.65. The summed E-state index contributed by atoms with van der Waals surface area (Å²) in [7, 11) is 0. The Balaban J connectivity index is 2.29. The predicted octanol–water partition coefficient (Wildman–Crippen LogP) is 5.34. The van der Waals surface area contributed by atoms with E-state index in [0.29, 0.717) is 39.8 Å². The fraction of sp³-hybridized carbons (Fsp3) is 0.273. The lowest BCUT2D eigenvalue weighted by molar-refractivity contribution is -0.115. The lowest BCUT2D eigenvalue weighted by Gasteiger charge is -2.19. The lowest BCUT2D eigenvalue weighted by atomic mass is 10.1. The maximum absolute atomic E-state index is 13.0. The average Bonchev–Trinajstić information content (AvgIpc) is 2.76. The molecule has 0 atom stereocenters. The molecular weight excluding hydrogens is 769 g/mol. The highest BCUT2D eigenvalue weighted by Gasteiger charge is 2.26. The van der Waals surface area contributed by atoms with Crippen molar-refractivity contribution in [3.63, 3.8) is 0 Å². The zero-order valence-electron chi connectivity index (χ0n) is 18.0. The second-order valence-electron chi connectivity index (χ2n) is 6.84. The Bertz CT molecular complexity index is 1040. The molecule has 176 valence electrons. The van der Waals surface area contributed by atoms with Crippen molar-refractivity contribution >= 4 is 103 Å². The van der Waals surface area contributed by atoms with E-state index in [2.05, 4.69) is 10.6 Å². The Hall–Kier alpha value is -1.49. The predicted molar refractivity (Wildman–Crippen MR) is 149 cm³/mol. The minimum absolute atomic E-state index is 0.0216. The smallest absolute Gasteiger partial charge is 0.340 e. The van der Waals surface area contributed by atoms with Gasteiger partial charge in [0.05, 0.1) is 39.8 Å². The highest BCUT2D eigenvalue weighted by molar-refractivity contribution is 14.1. The van der Waals surface area contributed by atoms with Crippen LogP contribution in [0.5, 0.6) is 0 Å². The summed E-state index contributed by atoms with van der Waals surface area (Å²) in [5.41, 5.74) is 2.20. The van der Waals surface area contributed by atoms with Gasteiger partial charge in [-0.3, -0.25) is 9.59 Å². The van der Waals surface area contributed by atoms with Crippen LogP contribution in [0.15, 0.2) is 24.3 Å². The first-order chi connectivity index (χ1) is 15.6. The molecule has 0 radical (unpaired) electrons. The maximum Gasteiger partial charge on any atom is 0.340 e. The molecule has 2 aromatic rings. The number of nitrogens with one attached hydrogen (secondary N) is 2. The van der Waals surface area contributed by atoms with E-state index < -0.39 is 11.9 Å². The van der Waals surface area contributed by atoms with Crippen LogP contribution in [-0.2, 0) is 25.7 Å². The minimum Gasteiger partial charge on any atom is -0.462 e. The summed E-state index contributed by atoms with van der Waals surface area (Å²) < 4.78 is 12.2. The highest BCUT2D eigenvalue weighted by atomic mass is 127. The SMILES string of the molecule is CCCOC(=O)c1ccc(COC(=O)c2c(I)c(NC(C)=O)c(I)c(NC(C)=O)c2I)cc1. The summed E-state index contributed by atoms with van der Waals surface area (Å²) in [6.45, 7) is 4.97. The molecule has 2 amide bonds. The largest absolute Gasteiger partial charge is 0.462 e. The average molecular weight is 790 g/mol. The number of carbonyl (C=O) groups is 4. The standard InChI is InChI=1S/C22H21I3N2O6/c1-4-9-32-21(30)14-7-5-13(6-8-14)10-33-22(31)15-16(23)19(26-11(2)28)18(25)20(17(15)24)27-12(3)29/h5-8H,4,9-10H2,1-3H3,(H,26,28)(H,27,29). The van der Waals surface area contributed by atoms with Crippen molar-refractivity contribution in [2.24, 2.45) is 0 Å². The molecule has 8 nitrogen and oxygen atoms in total. The van der Waals surface area contributed by atoms with Crippen LogP contribution in [0.2, 0.25) is 0 Å². The Morgan fingerprint density at radius 2 is 1.30 bits per heavy atom. The molecule has 0 bridgehead atoms. The molecule has 0 saturated heterocycles. The molecule has 2 aromatic carbocycles. The Kier molecular flexibility index (Phi) is 10.8. The van der Waals surface area contributed by atoms with Crippen molar-refractivity contribution in [2.75, 3.05) is 17.2 Å². The fourth-order valence-corrected chi connectivity index (χ4v) is 6.80. The first-order valence-electron chi connectivity index (χ1n) is 9.75. The number of rotatable bonds is 8. The van der Waals surface area contributed by atoms with E-state index in [1.807, 2.05) is 74.7 Å². The van der Waals surface area contributed by atoms with Gasteiger partial charge in [0.25, 0.3) is 0 Å². The van der Waals surface area contributed by atoms with Gasteiger partial charge in [0, 0.05) is 13.8 Å². The van der Waals surface area contributed by atoms with Gasteiger partial charge in [-0.2, -0.15) is 0 Å². The monoisotopic (exact) mass is 790 g/mol. The van der Waals surface area contributed by atoms with Crippen LogP contribution in [0.1, 0.15) is 53.5 Å². The van der Waals surface area contributed by atoms with Crippen molar-refractivity contribution in [2.45, 2.75) is 33.8 Å². The van der Waals surface area contributed by atoms with Crippen molar-refractivity contribution in [3.05, 3.63) is 51.7 Å². The van der Waals surface area contributed by atoms with E-state index in [0.717, 1.165) is 6.42 Å². The lowest BCUT2D eigenvalue weighted by Crippen LogP contribution is -2.19. The third kappa shape index (κ3) is 7.50. The first-order valence-corrected chi connectivity index (χ1v) is 13.0. The maximum atomic E-state index is 13.0. The Morgan fingerprint density at radius 3 is 1.76 bits per heavy atom. The first kappa shape index (κ1) is 27.8. The quantitative estimate of drug-likeness (QED) is 0.276. The van der Waals surface area contributed by atoms with Crippen molar-refractivity contribution in [1.29, 1.82) is 0 Å². The van der Waals surface area contributed by atoms with Gasteiger partial charge in [0.1, 0.15) is 6.61 Å². The van der Waals surface area contributed by atoms with Crippen LogP contribution in [0.4, 0.5) is 11.4 Å². The van der Waals surface area contributed by atoms with E-state index in [9.17, 15) is 19.2 Å². The minimum atomic E-state index is -0.607. The molecule has 0 heterocycles. The molecule has 2 rings (SSSR count). The van der Waals surface area contributed by atoms with Crippen LogP contribution >= 0.6 is 67.8 Å². The van der Waals surface area contributed by atoms with Crippen LogP contribution in [0.25, 0.3) is 0 Å². The number of amides is 2. The Labute approximate surface area is 232 Å². The van der Waals surface area contributed by atoms with E-state index in [4.69, 9.17) is 9.47 Å². The third-order valence-electron chi connectivity index (χ3n) is 4.12. The summed E-state index contributed by atoms with van der Waals surface area (Å²) >= 11 is 5.97. The molecule has 0 spiro atoms. The van der Waals surface area contributed by atoms with Gasteiger partial charge in [-0.25, -0.2) is 9.59 Å². The molecule has 0 aromatic heterocycles. The van der Waals surface area contributed by atoms with E-state index >= 15 is 0 Å². The molecule has 2 N–H and O–H groups in total.